The zero-order chi connectivity index (χ0) is 27.6. The Morgan fingerprint density at radius 2 is 1.49 bits per heavy atom. The topological polar surface area (TPSA) is 80.3 Å². The van der Waals surface area contributed by atoms with Crippen LogP contribution >= 0.6 is 11.6 Å². The molecule has 0 saturated heterocycles. The molecule has 8 heteroatoms. The highest BCUT2D eigenvalue weighted by atomic mass is 35.5. The lowest BCUT2D eigenvalue weighted by atomic mass is 9.77. The quantitative estimate of drug-likeness (QED) is 0.174. The first-order valence-corrected chi connectivity index (χ1v) is 12.6. The first-order chi connectivity index (χ1) is 17.4. The van der Waals surface area contributed by atoms with Crippen LogP contribution in [0.5, 0.6) is 11.5 Å². The SMILES string of the molecule is C=C(C)O[C@H](CCl)COc1ccc(C(C)(C)c2ccc(OC[C@@H](COC(C)=O)OC(C)=O)cc2)cc1C. The molecule has 0 aliphatic heterocycles. The maximum atomic E-state index is 11.3. The van der Waals surface area contributed by atoms with Crippen LogP contribution in [0.3, 0.4) is 0 Å². The van der Waals surface area contributed by atoms with Crippen LogP contribution in [0.25, 0.3) is 0 Å². The molecule has 0 bridgehead atoms. The van der Waals surface area contributed by atoms with Gasteiger partial charge in [0, 0.05) is 19.3 Å². The number of aryl methyl sites for hydroxylation is 1. The Morgan fingerprint density at radius 3 is 2.03 bits per heavy atom. The number of alkyl halides is 1. The molecule has 0 N–H and O–H groups in total. The maximum absolute atomic E-state index is 11.3. The second-order valence-corrected chi connectivity index (χ2v) is 9.69. The van der Waals surface area contributed by atoms with Crippen molar-refractivity contribution in [1.82, 2.24) is 0 Å². The van der Waals surface area contributed by atoms with Gasteiger partial charge >= 0.3 is 11.9 Å². The molecule has 2 rings (SSSR count). The number of hydrogen-bond acceptors (Lipinski definition) is 7. The number of hydrogen-bond donors (Lipinski definition) is 0. The zero-order valence-corrected chi connectivity index (χ0v) is 23.2. The summed E-state index contributed by atoms with van der Waals surface area (Å²) in [4.78, 5) is 22.4. The van der Waals surface area contributed by atoms with Crippen LogP contribution in [-0.2, 0) is 29.2 Å². The van der Waals surface area contributed by atoms with Crippen molar-refractivity contribution in [3.8, 4) is 11.5 Å². The minimum absolute atomic E-state index is 0.0630. The normalized spacial score (nSPS) is 12.7. The third-order valence-electron chi connectivity index (χ3n) is 5.68. The van der Waals surface area contributed by atoms with E-state index in [-0.39, 0.29) is 24.7 Å². The van der Waals surface area contributed by atoms with Gasteiger partial charge < -0.3 is 23.7 Å². The number of allylic oxidation sites excluding steroid dienone is 1. The largest absolute Gasteiger partial charge is 0.491 e. The molecule has 0 fully saturated rings. The number of ether oxygens (including phenoxy) is 5. The Hall–Kier alpha value is -3.19. The number of carbonyl (C=O) groups is 2. The van der Waals surface area contributed by atoms with Gasteiger partial charge in [0.25, 0.3) is 0 Å². The van der Waals surface area contributed by atoms with Crippen LogP contribution < -0.4 is 9.47 Å². The van der Waals surface area contributed by atoms with E-state index in [9.17, 15) is 9.59 Å². The van der Waals surface area contributed by atoms with Gasteiger partial charge in [0.15, 0.2) is 6.10 Å². The van der Waals surface area contributed by atoms with Crippen molar-refractivity contribution in [2.24, 2.45) is 0 Å². The van der Waals surface area contributed by atoms with Crippen LogP contribution in [-0.4, -0.2) is 49.8 Å². The van der Waals surface area contributed by atoms with E-state index in [0.717, 1.165) is 22.4 Å². The minimum atomic E-state index is -0.687. The molecule has 0 aliphatic carbocycles. The molecule has 7 nitrogen and oxygen atoms in total. The number of halogens is 1. The van der Waals surface area contributed by atoms with E-state index in [2.05, 4.69) is 32.6 Å². The van der Waals surface area contributed by atoms with Crippen molar-refractivity contribution in [2.75, 3.05) is 25.7 Å². The maximum Gasteiger partial charge on any atom is 0.303 e. The van der Waals surface area contributed by atoms with E-state index in [4.69, 9.17) is 35.3 Å². The van der Waals surface area contributed by atoms with Crippen molar-refractivity contribution >= 4 is 23.5 Å². The summed E-state index contributed by atoms with van der Waals surface area (Å²) < 4.78 is 27.4. The second kappa shape index (κ2) is 13.9. The molecule has 0 aliphatic rings. The monoisotopic (exact) mass is 532 g/mol. The highest BCUT2D eigenvalue weighted by molar-refractivity contribution is 6.18. The van der Waals surface area contributed by atoms with Crippen molar-refractivity contribution in [3.63, 3.8) is 0 Å². The number of benzene rings is 2. The second-order valence-electron chi connectivity index (χ2n) is 9.38. The first-order valence-electron chi connectivity index (χ1n) is 12.1. The fraction of sp³-hybridized carbons (Fsp3) is 0.448. The van der Waals surface area contributed by atoms with E-state index in [1.54, 1.807) is 6.92 Å². The summed E-state index contributed by atoms with van der Waals surface area (Å²) in [5.41, 5.74) is 2.97. The summed E-state index contributed by atoms with van der Waals surface area (Å²) in [5, 5.41) is 0. The Morgan fingerprint density at radius 1 is 0.865 bits per heavy atom. The third kappa shape index (κ3) is 9.65. The van der Waals surface area contributed by atoms with Gasteiger partial charge in [-0.05, 0) is 48.7 Å². The Labute approximate surface area is 224 Å². The Bertz CT molecular complexity index is 1060. The number of esters is 2. The molecule has 2 atom stereocenters. The van der Waals surface area contributed by atoms with Gasteiger partial charge in [-0.2, -0.15) is 0 Å². The van der Waals surface area contributed by atoms with E-state index in [0.29, 0.717) is 24.0 Å². The van der Waals surface area contributed by atoms with Gasteiger partial charge in [-0.25, -0.2) is 0 Å². The molecule has 0 aromatic heterocycles. The zero-order valence-electron chi connectivity index (χ0n) is 22.5. The minimum Gasteiger partial charge on any atom is -0.491 e. The molecule has 0 amide bonds. The molecule has 0 heterocycles. The van der Waals surface area contributed by atoms with Gasteiger partial charge in [0.2, 0.25) is 0 Å². The molecule has 0 spiro atoms. The van der Waals surface area contributed by atoms with Crippen LogP contribution in [0.4, 0.5) is 0 Å². The molecule has 2 aromatic carbocycles. The molecule has 0 saturated carbocycles. The average Bonchev–Trinajstić information content (AvgIpc) is 2.83. The smallest absolute Gasteiger partial charge is 0.303 e. The van der Waals surface area contributed by atoms with Gasteiger partial charge in [0.1, 0.15) is 37.4 Å². The fourth-order valence-corrected chi connectivity index (χ4v) is 3.81. The fourth-order valence-electron chi connectivity index (χ4n) is 3.66. The molecule has 0 radical (unpaired) electrons. The summed E-state index contributed by atoms with van der Waals surface area (Å²) in [6.07, 6.45) is -0.949. The lowest BCUT2D eigenvalue weighted by Crippen LogP contribution is -2.29. The van der Waals surface area contributed by atoms with Crippen molar-refractivity contribution in [1.29, 1.82) is 0 Å². The van der Waals surface area contributed by atoms with Crippen LogP contribution in [0.2, 0.25) is 0 Å². The summed E-state index contributed by atoms with van der Waals surface area (Å²) in [6, 6.07) is 13.9. The predicted octanol–water partition coefficient (Wildman–Crippen LogP) is 5.73. The third-order valence-corrected chi connectivity index (χ3v) is 6.02. The highest BCUT2D eigenvalue weighted by Gasteiger charge is 2.24. The van der Waals surface area contributed by atoms with Crippen molar-refractivity contribution < 1.29 is 33.3 Å². The molecule has 2 aromatic rings. The average molecular weight is 533 g/mol. The van der Waals surface area contributed by atoms with Gasteiger partial charge in [-0.3, -0.25) is 9.59 Å². The first kappa shape index (κ1) is 30.0. The molecule has 202 valence electrons. The van der Waals surface area contributed by atoms with Crippen LogP contribution in [0.15, 0.2) is 54.8 Å². The van der Waals surface area contributed by atoms with E-state index in [1.807, 2.05) is 37.3 Å². The van der Waals surface area contributed by atoms with Gasteiger partial charge in [-0.1, -0.05) is 44.7 Å². The molecule has 37 heavy (non-hydrogen) atoms. The molecular weight excluding hydrogens is 496 g/mol. The lowest BCUT2D eigenvalue weighted by Gasteiger charge is -2.27. The van der Waals surface area contributed by atoms with E-state index in [1.165, 1.54) is 13.8 Å². The summed E-state index contributed by atoms with van der Waals surface area (Å²) >= 11 is 5.97. The van der Waals surface area contributed by atoms with E-state index < -0.39 is 18.0 Å². The summed E-state index contributed by atoms with van der Waals surface area (Å²) in [7, 11) is 0. The summed E-state index contributed by atoms with van der Waals surface area (Å²) in [6.45, 7) is 14.8. The molecule has 0 unspecified atom stereocenters. The number of rotatable bonds is 14. The number of carbonyl (C=O) groups excluding carboxylic acids is 2. The van der Waals surface area contributed by atoms with E-state index >= 15 is 0 Å². The summed E-state index contributed by atoms with van der Waals surface area (Å²) in [5.74, 6) is 1.39. The van der Waals surface area contributed by atoms with Crippen molar-refractivity contribution in [3.05, 3.63) is 71.5 Å². The predicted molar refractivity (Wildman–Crippen MR) is 143 cm³/mol. The highest BCUT2D eigenvalue weighted by Crippen LogP contribution is 2.34. The van der Waals surface area contributed by atoms with Crippen LogP contribution in [0.1, 0.15) is 51.3 Å². The molecular formula is C29H37ClO7. The lowest BCUT2D eigenvalue weighted by molar-refractivity contribution is -0.158. The Balaban J connectivity index is 2.06. The standard InChI is InChI=1S/C29H37ClO7/c1-19(2)36-26(15-30)16-35-28-13-10-24(14-20(28)3)29(6,7)23-8-11-25(12-9-23)34-18-27(37-22(5)32)17-33-21(4)31/h8-14,26-27H,1,15-18H2,2-7H3/t26-,27-/m1/s1. The van der Waals surface area contributed by atoms with Gasteiger partial charge in [-0.15, -0.1) is 11.6 Å². The van der Waals surface area contributed by atoms with Gasteiger partial charge in [0.05, 0.1) is 11.6 Å². The van der Waals surface area contributed by atoms with Crippen LogP contribution in [0, 0.1) is 6.92 Å². The van der Waals surface area contributed by atoms with Crippen molar-refractivity contribution in [2.45, 2.75) is 59.2 Å². The Kier molecular flexibility index (Phi) is 11.3.